The summed E-state index contributed by atoms with van der Waals surface area (Å²) < 4.78 is 43.0. The van der Waals surface area contributed by atoms with Gasteiger partial charge in [-0.2, -0.15) is 13.2 Å². The summed E-state index contributed by atoms with van der Waals surface area (Å²) in [5, 5.41) is 3.23. The molecule has 8 heteroatoms. The highest BCUT2D eigenvalue weighted by Crippen LogP contribution is 2.30. The number of rotatable bonds is 3. The first kappa shape index (κ1) is 18.2. The van der Waals surface area contributed by atoms with Crippen molar-refractivity contribution in [3.05, 3.63) is 53.7 Å². The summed E-state index contributed by atoms with van der Waals surface area (Å²) in [6, 6.07) is 8.64. The molecule has 1 fully saturated rings. The van der Waals surface area contributed by atoms with Crippen molar-refractivity contribution >= 4 is 5.91 Å². The summed E-state index contributed by atoms with van der Waals surface area (Å²) in [5.41, 5.74) is -0.303. The van der Waals surface area contributed by atoms with E-state index >= 15 is 0 Å². The van der Waals surface area contributed by atoms with Gasteiger partial charge in [-0.3, -0.25) is 4.79 Å². The third-order valence-electron chi connectivity index (χ3n) is 4.15. The first-order chi connectivity index (χ1) is 12.3. The molecular weight excluding hydrogens is 347 g/mol. The first-order valence-corrected chi connectivity index (χ1v) is 8.17. The van der Waals surface area contributed by atoms with Gasteiger partial charge in [-0.1, -0.05) is 0 Å². The summed E-state index contributed by atoms with van der Waals surface area (Å²) in [6.07, 6.45) is -3.71. The lowest BCUT2D eigenvalue weighted by atomic mass is 10.1. The molecule has 1 aliphatic heterocycles. The van der Waals surface area contributed by atoms with Crippen LogP contribution in [-0.2, 0) is 6.18 Å². The maximum Gasteiger partial charge on any atom is 0.417 e. The Kier molecular flexibility index (Phi) is 5.13. The zero-order valence-electron chi connectivity index (χ0n) is 14.1. The average Bonchev–Trinajstić information content (AvgIpc) is 2.62. The lowest BCUT2D eigenvalue weighted by Crippen LogP contribution is -2.52. The second kappa shape index (κ2) is 7.33. The minimum Gasteiger partial charge on any atom is -0.439 e. The number of carbonyl (C=O) groups excluding carboxylic acids is 1. The van der Waals surface area contributed by atoms with E-state index in [1.807, 2.05) is 11.8 Å². The van der Waals surface area contributed by atoms with Crippen LogP contribution in [0.3, 0.4) is 0 Å². The number of piperazine rings is 1. The lowest BCUT2D eigenvalue weighted by molar-refractivity contribution is -0.137. The number of pyridine rings is 1. The Labute approximate surface area is 148 Å². The van der Waals surface area contributed by atoms with E-state index in [9.17, 15) is 18.0 Å². The number of hydrogen-bond donors (Lipinski definition) is 1. The van der Waals surface area contributed by atoms with Crippen LogP contribution in [0.4, 0.5) is 13.2 Å². The Balaban J connectivity index is 1.67. The molecule has 2 aromatic rings. The van der Waals surface area contributed by atoms with Crippen LogP contribution < -0.4 is 10.1 Å². The van der Waals surface area contributed by atoms with Gasteiger partial charge in [-0.05, 0) is 37.3 Å². The summed E-state index contributed by atoms with van der Waals surface area (Å²) in [5.74, 6) is 0.383. The quantitative estimate of drug-likeness (QED) is 0.907. The molecule has 0 aliphatic carbocycles. The lowest BCUT2D eigenvalue weighted by Gasteiger charge is -2.34. The molecule has 0 spiro atoms. The third-order valence-corrected chi connectivity index (χ3v) is 4.15. The highest BCUT2D eigenvalue weighted by Gasteiger charge is 2.30. The van der Waals surface area contributed by atoms with Gasteiger partial charge in [-0.15, -0.1) is 0 Å². The SMILES string of the molecule is CC1CNCCN1C(=O)c1ccc(Oc2ccc(C(F)(F)F)cn2)cc1. The topological polar surface area (TPSA) is 54.5 Å². The van der Waals surface area contributed by atoms with Gasteiger partial charge in [0.15, 0.2) is 0 Å². The van der Waals surface area contributed by atoms with Gasteiger partial charge in [-0.25, -0.2) is 4.98 Å². The van der Waals surface area contributed by atoms with Gasteiger partial charge < -0.3 is 15.0 Å². The van der Waals surface area contributed by atoms with E-state index < -0.39 is 11.7 Å². The molecule has 3 rings (SSSR count). The Morgan fingerprint density at radius 1 is 1.23 bits per heavy atom. The zero-order valence-corrected chi connectivity index (χ0v) is 14.1. The highest BCUT2D eigenvalue weighted by molar-refractivity contribution is 5.94. The molecule has 1 atom stereocenters. The van der Waals surface area contributed by atoms with E-state index in [1.54, 1.807) is 24.3 Å². The normalized spacial score (nSPS) is 17.8. The van der Waals surface area contributed by atoms with Crippen molar-refractivity contribution in [2.45, 2.75) is 19.1 Å². The number of amides is 1. The Morgan fingerprint density at radius 2 is 1.96 bits per heavy atom. The minimum atomic E-state index is -4.44. The molecule has 1 unspecified atom stereocenters. The highest BCUT2D eigenvalue weighted by atomic mass is 19.4. The average molecular weight is 365 g/mol. The molecule has 2 heterocycles. The molecule has 1 N–H and O–H groups in total. The molecule has 0 bridgehead atoms. The number of carbonyl (C=O) groups is 1. The molecule has 26 heavy (non-hydrogen) atoms. The largest absolute Gasteiger partial charge is 0.439 e. The fourth-order valence-electron chi connectivity index (χ4n) is 2.70. The second-order valence-corrected chi connectivity index (χ2v) is 6.06. The van der Waals surface area contributed by atoms with Crippen LogP contribution in [0.25, 0.3) is 0 Å². The Bertz CT molecular complexity index is 761. The van der Waals surface area contributed by atoms with E-state index in [-0.39, 0.29) is 17.8 Å². The Morgan fingerprint density at radius 3 is 2.54 bits per heavy atom. The van der Waals surface area contributed by atoms with Crippen LogP contribution in [0.15, 0.2) is 42.6 Å². The van der Waals surface area contributed by atoms with E-state index in [4.69, 9.17) is 4.74 Å². The van der Waals surface area contributed by atoms with Gasteiger partial charge in [0.1, 0.15) is 5.75 Å². The van der Waals surface area contributed by atoms with E-state index in [2.05, 4.69) is 10.3 Å². The van der Waals surface area contributed by atoms with Crippen LogP contribution in [0.5, 0.6) is 11.6 Å². The van der Waals surface area contributed by atoms with Crippen LogP contribution in [0, 0.1) is 0 Å². The fourth-order valence-corrected chi connectivity index (χ4v) is 2.70. The molecule has 0 saturated carbocycles. The van der Waals surface area contributed by atoms with Crippen LogP contribution in [-0.4, -0.2) is 41.5 Å². The number of nitrogens with one attached hydrogen (secondary N) is 1. The number of ether oxygens (including phenoxy) is 1. The standard InChI is InChI=1S/C18H18F3N3O2/c1-12-10-22-8-9-24(12)17(25)13-2-5-15(6-3-13)26-16-7-4-14(11-23-16)18(19,20)21/h2-7,11-12,22H,8-10H2,1H3. The van der Waals surface area contributed by atoms with Gasteiger partial charge in [0.2, 0.25) is 5.88 Å². The van der Waals surface area contributed by atoms with Crippen molar-refractivity contribution in [2.24, 2.45) is 0 Å². The molecule has 1 aliphatic rings. The van der Waals surface area contributed by atoms with E-state index in [0.717, 1.165) is 31.4 Å². The third kappa shape index (κ3) is 4.13. The molecule has 1 aromatic heterocycles. The van der Waals surface area contributed by atoms with Crippen molar-refractivity contribution in [3.63, 3.8) is 0 Å². The number of nitrogens with zero attached hydrogens (tertiary/aromatic N) is 2. The number of benzene rings is 1. The smallest absolute Gasteiger partial charge is 0.417 e. The number of alkyl halides is 3. The predicted octanol–water partition coefficient (Wildman–Crippen LogP) is 3.33. The fraction of sp³-hybridized carbons (Fsp3) is 0.333. The predicted molar refractivity (Wildman–Crippen MR) is 89.1 cm³/mol. The monoisotopic (exact) mass is 365 g/mol. The maximum atomic E-state index is 12.5. The number of aromatic nitrogens is 1. The van der Waals surface area contributed by atoms with E-state index in [0.29, 0.717) is 17.9 Å². The zero-order chi connectivity index (χ0) is 18.7. The van der Waals surface area contributed by atoms with Crippen molar-refractivity contribution in [1.29, 1.82) is 0 Å². The van der Waals surface area contributed by atoms with E-state index in [1.165, 1.54) is 0 Å². The molecule has 1 amide bonds. The molecule has 5 nitrogen and oxygen atoms in total. The number of hydrogen-bond acceptors (Lipinski definition) is 4. The molecule has 138 valence electrons. The minimum absolute atomic E-state index is 0.0489. The van der Waals surface area contributed by atoms with Crippen LogP contribution in [0.2, 0.25) is 0 Å². The second-order valence-electron chi connectivity index (χ2n) is 6.06. The summed E-state index contributed by atoms with van der Waals surface area (Å²) >= 11 is 0. The molecular formula is C18H18F3N3O2. The summed E-state index contributed by atoms with van der Waals surface area (Å²) in [6.45, 7) is 4.15. The molecule has 1 saturated heterocycles. The van der Waals surface area contributed by atoms with Gasteiger partial charge in [0.25, 0.3) is 5.91 Å². The van der Waals surface area contributed by atoms with Crippen molar-refractivity contribution in [3.8, 4) is 11.6 Å². The number of halogens is 3. The maximum absolute atomic E-state index is 12.5. The van der Waals surface area contributed by atoms with Crippen LogP contribution in [0.1, 0.15) is 22.8 Å². The van der Waals surface area contributed by atoms with Gasteiger partial charge in [0, 0.05) is 43.5 Å². The molecule has 0 radical (unpaired) electrons. The van der Waals surface area contributed by atoms with Crippen molar-refractivity contribution in [2.75, 3.05) is 19.6 Å². The Hall–Kier alpha value is -2.61. The van der Waals surface area contributed by atoms with Gasteiger partial charge in [0.05, 0.1) is 5.56 Å². The summed E-state index contributed by atoms with van der Waals surface area (Å²) in [7, 11) is 0. The van der Waals surface area contributed by atoms with Crippen molar-refractivity contribution < 1.29 is 22.7 Å². The molecule has 1 aromatic carbocycles. The van der Waals surface area contributed by atoms with Crippen molar-refractivity contribution in [1.82, 2.24) is 15.2 Å². The van der Waals surface area contributed by atoms with Crippen LogP contribution >= 0.6 is 0 Å². The summed E-state index contributed by atoms with van der Waals surface area (Å²) in [4.78, 5) is 18.0. The first-order valence-electron chi connectivity index (χ1n) is 8.17. The van der Waals surface area contributed by atoms with Gasteiger partial charge >= 0.3 is 6.18 Å².